The molecule has 0 saturated carbocycles. The summed E-state index contributed by atoms with van der Waals surface area (Å²) in [6.45, 7) is 5.41. The van der Waals surface area contributed by atoms with E-state index in [-0.39, 0.29) is 13.2 Å². The van der Waals surface area contributed by atoms with Crippen molar-refractivity contribution in [3.8, 4) is 0 Å². The Balaban J connectivity index is 2.12. The molecule has 0 amide bonds. The lowest BCUT2D eigenvalue weighted by Crippen LogP contribution is -2.38. The Labute approximate surface area is 122 Å². The van der Waals surface area contributed by atoms with Crippen molar-refractivity contribution in [2.75, 3.05) is 39.9 Å². The normalized spacial score (nSPS) is 12.1. The van der Waals surface area contributed by atoms with Crippen LogP contribution in [0.2, 0.25) is 0 Å². The van der Waals surface area contributed by atoms with Gasteiger partial charge in [0, 0.05) is 18.5 Å². The first-order chi connectivity index (χ1) is 9.59. The van der Waals surface area contributed by atoms with Crippen molar-refractivity contribution >= 4 is 0 Å². The van der Waals surface area contributed by atoms with Crippen LogP contribution in [0.15, 0.2) is 30.3 Å². The van der Waals surface area contributed by atoms with Crippen LogP contribution in [0.3, 0.4) is 0 Å². The highest BCUT2D eigenvalue weighted by Crippen LogP contribution is 2.11. The fourth-order valence-electron chi connectivity index (χ4n) is 2.00. The summed E-state index contributed by atoms with van der Waals surface area (Å²) in [5.74, 6) is 0. The number of nitrogens with one attached hydrogen (secondary N) is 1. The summed E-state index contributed by atoms with van der Waals surface area (Å²) in [6, 6.07) is 10.4. The molecule has 1 rings (SSSR count). The number of hydrogen-bond acceptors (Lipinski definition) is 4. The highest BCUT2D eigenvalue weighted by molar-refractivity contribution is 5.14. The molecule has 0 fully saturated rings. The lowest BCUT2D eigenvalue weighted by atomic mass is 9.93. The van der Waals surface area contributed by atoms with Gasteiger partial charge in [-0.2, -0.15) is 0 Å². The summed E-state index contributed by atoms with van der Waals surface area (Å²) in [5, 5.41) is 21.7. The lowest BCUT2D eigenvalue weighted by Gasteiger charge is -2.25. The second-order valence-electron chi connectivity index (χ2n) is 5.88. The molecule has 0 aromatic heterocycles. The second kappa shape index (κ2) is 9.08. The third-order valence-electron chi connectivity index (χ3n) is 3.50. The molecular formula is C16H28N2O2. The van der Waals surface area contributed by atoms with E-state index in [1.807, 2.05) is 13.0 Å². The van der Waals surface area contributed by atoms with Gasteiger partial charge in [0.2, 0.25) is 0 Å². The van der Waals surface area contributed by atoms with Crippen molar-refractivity contribution in [1.82, 2.24) is 10.2 Å². The molecule has 1 aromatic carbocycles. The number of nitrogens with zero attached hydrogens (tertiary/aromatic N) is 1. The minimum atomic E-state index is -0.421. The molecule has 0 bridgehead atoms. The molecule has 0 unspecified atom stereocenters. The molecule has 114 valence electrons. The number of benzene rings is 1. The predicted octanol–water partition coefficient (Wildman–Crippen LogP) is 1.09. The number of rotatable bonds is 10. The van der Waals surface area contributed by atoms with Gasteiger partial charge in [0.25, 0.3) is 0 Å². The SMILES string of the molecule is CN(CCCNCC(C)(CO)CO)Cc1ccccc1. The molecule has 0 radical (unpaired) electrons. The van der Waals surface area contributed by atoms with Gasteiger partial charge in [-0.3, -0.25) is 0 Å². The first kappa shape index (κ1) is 17.1. The number of aliphatic hydroxyl groups excluding tert-OH is 2. The Morgan fingerprint density at radius 3 is 2.40 bits per heavy atom. The Morgan fingerprint density at radius 2 is 1.80 bits per heavy atom. The van der Waals surface area contributed by atoms with Gasteiger partial charge < -0.3 is 20.4 Å². The standard InChI is InChI=1S/C16H28N2O2/c1-16(13-19,14-20)12-17-9-6-10-18(2)11-15-7-4-3-5-8-15/h3-5,7-8,17,19-20H,6,9-14H2,1-2H3. The van der Waals surface area contributed by atoms with Gasteiger partial charge in [0.1, 0.15) is 0 Å². The lowest BCUT2D eigenvalue weighted by molar-refractivity contribution is 0.0697. The van der Waals surface area contributed by atoms with Crippen LogP contribution in [0.25, 0.3) is 0 Å². The van der Waals surface area contributed by atoms with Gasteiger partial charge in [-0.1, -0.05) is 37.3 Å². The second-order valence-corrected chi connectivity index (χ2v) is 5.88. The first-order valence-electron chi connectivity index (χ1n) is 7.24. The molecule has 4 nitrogen and oxygen atoms in total. The minimum absolute atomic E-state index is 0.00437. The Hall–Kier alpha value is -0.940. The van der Waals surface area contributed by atoms with Crippen molar-refractivity contribution in [2.45, 2.75) is 19.9 Å². The first-order valence-corrected chi connectivity index (χ1v) is 7.24. The third-order valence-corrected chi connectivity index (χ3v) is 3.50. The molecule has 0 saturated heterocycles. The van der Waals surface area contributed by atoms with Gasteiger partial charge in [-0.05, 0) is 32.1 Å². The highest BCUT2D eigenvalue weighted by atomic mass is 16.3. The average molecular weight is 280 g/mol. The maximum atomic E-state index is 9.19. The molecule has 0 aliphatic heterocycles. The van der Waals surface area contributed by atoms with Crippen LogP contribution in [0.5, 0.6) is 0 Å². The fraction of sp³-hybridized carbons (Fsp3) is 0.625. The van der Waals surface area contributed by atoms with Crippen LogP contribution in [0, 0.1) is 5.41 Å². The number of aliphatic hydroxyl groups is 2. The molecule has 0 heterocycles. The Morgan fingerprint density at radius 1 is 1.15 bits per heavy atom. The van der Waals surface area contributed by atoms with Crippen LogP contribution >= 0.6 is 0 Å². The summed E-state index contributed by atoms with van der Waals surface area (Å²) in [7, 11) is 2.12. The van der Waals surface area contributed by atoms with E-state index in [0.29, 0.717) is 6.54 Å². The quantitative estimate of drug-likeness (QED) is 0.562. The van der Waals surface area contributed by atoms with Crippen LogP contribution < -0.4 is 5.32 Å². The summed E-state index contributed by atoms with van der Waals surface area (Å²) in [5.41, 5.74) is 0.909. The van der Waals surface area contributed by atoms with Crippen molar-refractivity contribution in [3.05, 3.63) is 35.9 Å². The highest BCUT2D eigenvalue weighted by Gasteiger charge is 2.21. The average Bonchev–Trinajstić information content (AvgIpc) is 2.47. The Kier molecular flexibility index (Phi) is 7.77. The van der Waals surface area contributed by atoms with Crippen LogP contribution in [-0.4, -0.2) is 55.0 Å². The zero-order chi connectivity index (χ0) is 14.8. The van der Waals surface area contributed by atoms with Gasteiger partial charge in [0.15, 0.2) is 0 Å². The van der Waals surface area contributed by atoms with Gasteiger partial charge >= 0.3 is 0 Å². The van der Waals surface area contributed by atoms with Gasteiger partial charge in [0.05, 0.1) is 13.2 Å². The molecule has 20 heavy (non-hydrogen) atoms. The molecule has 0 spiro atoms. The molecule has 0 aliphatic carbocycles. The molecule has 1 aromatic rings. The third kappa shape index (κ3) is 6.48. The monoisotopic (exact) mass is 280 g/mol. The zero-order valence-electron chi connectivity index (χ0n) is 12.7. The molecular weight excluding hydrogens is 252 g/mol. The molecule has 0 atom stereocenters. The van der Waals surface area contributed by atoms with E-state index in [2.05, 4.69) is 41.5 Å². The topological polar surface area (TPSA) is 55.7 Å². The van der Waals surface area contributed by atoms with E-state index in [1.54, 1.807) is 0 Å². The van der Waals surface area contributed by atoms with E-state index >= 15 is 0 Å². The fourth-order valence-corrected chi connectivity index (χ4v) is 2.00. The molecule has 4 heteroatoms. The summed E-state index contributed by atoms with van der Waals surface area (Å²) < 4.78 is 0. The Bertz CT molecular complexity index is 353. The summed E-state index contributed by atoms with van der Waals surface area (Å²) >= 11 is 0. The molecule has 0 aliphatic rings. The maximum absolute atomic E-state index is 9.19. The summed E-state index contributed by atoms with van der Waals surface area (Å²) in [4.78, 5) is 2.30. The van der Waals surface area contributed by atoms with E-state index in [1.165, 1.54) is 5.56 Å². The summed E-state index contributed by atoms with van der Waals surface area (Å²) in [6.07, 6.45) is 1.05. The largest absolute Gasteiger partial charge is 0.396 e. The van der Waals surface area contributed by atoms with E-state index in [0.717, 1.165) is 26.1 Å². The smallest absolute Gasteiger partial charge is 0.0518 e. The maximum Gasteiger partial charge on any atom is 0.0518 e. The van der Waals surface area contributed by atoms with E-state index in [9.17, 15) is 10.2 Å². The van der Waals surface area contributed by atoms with E-state index < -0.39 is 5.41 Å². The molecule has 3 N–H and O–H groups in total. The van der Waals surface area contributed by atoms with Crippen molar-refractivity contribution in [3.63, 3.8) is 0 Å². The van der Waals surface area contributed by atoms with Gasteiger partial charge in [-0.25, -0.2) is 0 Å². The number of hydrogen-bond donors (Lipinski definition) is 3. The van der Waals surface area contributed by atoms with Gasteiger partial charge in [-0.15, -0.1) is 0 Å². The van der Waals surface area contributed by atoms with E-state index in [4.69, 9.17) is 0 Å². The van der Waals surface area contributed by atoms with Crippen molar-refractivity contribution in [1.29, 1.82) is 0 Å². The van der Waals surface area contributed by atoms with Crippen LogP contribution in [0.4, 0.5) is 0 Å². The van der Waals surface area contributed by atoms with Crippen LogP contribution in [-0.2, 0) is 6.54 Å². The van der Waals surface area contributed by atoms with Crippen molar-refractivity contribution < 1.29 is 10.2 Å². The van der Waals surface area contributed by atoms with Crippen LogP contribution in [0.1, 0.15) is 18.9 Å². The zero-order valence-corrected chi connectivity index (χ0v) is 12.7. The van der Waals surface area contributed by atoms with Crippen molar-refractivity contribution in [2.24, 2.45) is 5.41 Å². The minimum Gasteiger partial charge on any atom is -0.396 e. The predicted molar refractivity (Wildman–Crippen MR) is 82.5 cm³/mol.